The van der Waals surface area contributed by atoms with Gasteiger partial charge in [0.15, 0.2) is 4.80 Å². The van der Waals surface area contributed by atoms with Gasteiger partial charge in [0.05, 0.1) is 41.6 Å². The van der Waals surface area contributed by atoms with Crippen LogP contribution in [-0.2, 0) is 9.53 Å². The molecule has 216 valence electrons. The van der Waals surface area contributed by atoms with Gasteiger partial charge in [0.25, 0.3) is 11.2 Å². The molecule has 3 heterocycles. The van der Waals surface area contributed by atoms with Gasteiger partial charge in [-0.1, -0.05) is 11.3 Å². The molecule has 0 bridgehead atoms. The van der Waals surface area contributed by atoms with Crippen molar-refractivity contribution in [3.05, 3.63) is 105 Å². The van der Waals surface area contributed by atoms with E-state index >= 15 is 0 Å². The number of fused-ring (bicyclic) bond motifs is 1. The van der Waals surface area contributed by atoms with E-state index in [9.17, 15) is 19.7 Å². The van der Waals surface area contributed by atoms with Crippen molar-refractivity contribution in [2.45, 2.75) is 19.9 Å². The molecule has 1 atom stereocenters. The highest BCUT2D eigenvalue weighted by Crippen LogP contribution is 2.38. The Labute approximate surface area is 251 Å². The van der Waals surface area contributed by atoms with Crippen molar-refractivity contribution < 1.29 is 28.3 Å². The molecule has 11 nitrogen and oxygen atoms in total. The van der Waals surface area contributed by atoms with Gasteiger partial charge in [-0.15, -0.1) is 0 Å². The number of non-ortho nitro benzene ring substituents is 1. The Kier molecular flexibility index (Phi) is 8.14. The smallest absolute Gasteiger partial charge is 0.338 e. The lowest BCUT2D eigenvalue weighted by Crippen LogP contribution is -2.40. The fourth-order valence-electron chi connectivity index (χ4n) is 4.66. The first kappa shape index (κ1) is 29.0. The quantitative estimate of drug-likeness (QED) is 0.151. The van der Waals surface area contributed by atoms with Gasteiger partial charge in [0.2, 0.25) is 0 Å². The van der Waals surface area contributed by atoms with Gasteiger partial charge in [0.1, 0.15) is 29.1 Å². The molecule has 2 aromatic heterocycles. The van der Waals surface area contributed by atoms with Crippen LogP contribution >= 0.6 is 27.3 Å². The molecule has 0 spiro atoms. The number of esters is 1. The number of nitro benzene ring substituents is 1. The highest BCUT2D eigenvalue weighted by molar-refractivity contribution is 9.10. The van der Waals surface area contributed by atoms with Crippen LogP contribution in [0.5, 0.6) is 11.5 Å². The minimum atomic E-state index is -0.893. The Morgan fingerprint density at radius 1 is 1.19 bits per heavy atom. The molecule has 0 amide bonds. The topological polar surface area (TPSA) is 135 Å². The zero-order valence-corrected chi connectivity index (χ0v) is 25.3. The summed E-state index contributed by atoms with van der Waals surface area (Å²) in [5.74, 6) is 1.22. The van der Waals surface area contributed by atoms with Gasteiger partial charge >= 0.3 is 5.97 Å². The SMILES string of the molecule is CCOC(=O)C1=C(C)N=c2s/c(=C\c3ccc(-c4ccc([N+](=O)[O-])cc4Br)o3)c(=O)n2[C@@H]1c1cc(OC)ccc1OC. The summed E-state index contributed by atoms with van der Waals surface area (Å²) in [6.45, 7) is 3.55. The van der Waals surface area contributed by atoms with E-state index in [1.54, 1.807) is 56.3 Å². The number of hydrogen-bond acceptors (Lipinski definition) is 10. The molecule has 0 radical (unpaired) electrons. The summed E-state index contributed by atoms with van der Waals surface area (Å²) < 4.78 is 24.7. The van der Waals surface area contributed by atoms with Crippen LogP contribution in [0.4, 0.5) is 5.69 Å². The normalized spacial score (nSPS) is 14.8. The second kappa shape index (κ2) is 11.8. The number of nitro groups is 1. The first-order valence-corrected chi connectivity index (χ1v) is 14.2. The van der Waals surface area contributed by atoms with Crippen molar-refractivity contribution in [2.75, 3.05) is 20.8 Å². The molecule has 1 aliphatic heterocycles. The summed E-state index contributed by atoms with van der Waals surface area (Å²) in [6, 6.07) is 12.0. The van der Waals surface area contributed by atoms with Gasteiger partial charge in [0, 0.05) is 33.8 Å². The summed E-state index contributed by atoms with van der Waals surface area (Å²) in [5, 5.41) is 11.1. The predicted molar refractivity (Wildman–Crippen MR) is 158 cm³/mol. The summed E-state index contributed by atoms with van der Waals surface area (Å²) in [4.78, 5) is 42.7. The Hall–Kier alpha value is -4.49. The second-order valence-corrected chi connectivity index (χ2v) is 10.9. The highest BCUT2D eigenvalue weighted by Gasteiger charge is 2.35. The third-order valence-corrected chi connectivity index (χ3v) is 8.22. The van der Waals surface area contributed by atoms with E-state index in [1.165, 1.54) is 30.9 Å². The molecule has 42 heavy (non-hydrogen) atoms. The predicted octanol–water partition coefficient (Wildman–Crippen LogP) is 4.75. The van der Waals surface area contributed by atoms with E-state index in [1.807, 2.05) is 0 Å². The molecule has 0 aliphatic carbocycles. The lowest BCUT2D eigenvalue weighted by molar-refractivity contribution is -0.384. The molecule has 0 unspecified atom stereocenters. The number of hydrogen-bond donors (Lipinski definition) is 0. The van der Waals surface area contributed by atoms with E-state index in [4.69, 9.17) is 18.6 Å². The molecule has 13 heteroatoms. The molecule has 1 aliphatic rings. The molecule has 0 N–H and O–H groups in total. The number of ether oxygens (including phenoxy) is 3. The van der Waals surface area contributed by atoms with E-state index in [0.717, 1.165) is 11.3 Å². The summed E-state index contributed by atoms with van der Waals surface area (Å²) in [6.07, 6.45) is 1.59. The number of aromatic nitrogens is 1. The van der Waals surface area contributed by atoms with Crippen LogP contribution in [0.2, 0.25) is 0 Å². The van der Waals surface area contributed by atoms with Crippen LogP contribution in [0.1, 0.15) is 31.2 Å². The van der Waals surface area contributed by atoms with Gasteiger partial charge in [-0.05, 0) is 66.2 Å². The maximum absolute atomic E-state index is 13.9. The molecule has 2 aromatic carbocycles. The highest BCUT2D eigenvalue weighted by atomic mass is 79.9. The lowest BCUT2D eigenvalue weighted by atomic mass is 9.95. The number of carbonyl (C=O) groups excluding carboxylic acids is 1. The molecular formula is C29H24BrN3O8S. The standard InChI is InChI=1S/C29H24BrN3O8S/c1-5-40-28(35)25-15(2)31-29-32(26(25)20-13-17(38-3)7-10-22(20)39-4)27(34)24(42-29)14-18-8-11-23(41-18)19-9-6-16(33(36)37)12-21(19)30/h6-14,26H,5H2,1-4H3/b24-14-/t26-/m1/s1. The van der Waals surface area contributed by atoms with E-state index in [-0.39, 0.29) is 17.9 Å². The Morgan fingerprint density at radius 3 is 2.64 bits per heavy atom. The number of benzene rings is 2. The van der Waals surface area contributed by atoms with Crippen molar-refractivity contribution in [1.29, 1.82) is 0 Å². The minimum absolute atomic E-state index is 0.0572. The number of methoxy groups -OCH3 is 2. The molecule has 5 rings (SSSR count). The summed E-state index contributed by atoms with van der Waals surface area (Å²) in [5.41, 5.74) is 1.33. The average Bonchev–Trinajstić information content (AvgIpc) is 3.55. The molecule has 0 saturated carbocycles. The first-order chi connectivity index (χ1) is 20.2. The maximum atomic E-state index is 13.9. The van der Waals surface area contributed by atoms with Crippen molar-refractivity contribution >= 4 is 45.0 Å². The van der Waals surface area contributed by atoms with Gasteiger partial charge < -0.3 is 18.6 Å². The van der Waals surface area contributed by atoms with E-state index in [2.05, 4.69) is 20.9 Å². The van der Waals surface area contributed by atoms with Crippen LogP contribution in [0.25, 0.3) is 17.4 Å². The largest absolute Gasteiger partial charge is 0.497 e. The van der Waals surface area contributed by atoms with Gasteiger partial charge in [-0.25, -0.2) is 9.79 Å². The number of carbonyl (C=O) groups is 1. The van der Waals surface area contributed by atoms with Crippen LogP contribution in [-0.4, -0.2) is 36.3 Å². The van der Waals surface area contributed by atoms with Crippen LogP contribution < -0.4 is 24.4 Å². The second-order valence-electron chi connectivity index (χ2n) is 9.03. The first-order valence-electron chi connectivity index (χ1n) is 12.6. The lowest BCUT2D eigenvalue weighted by Gasteiger charge is -2.26. The van der Waals surface area contributed by atoms with Crippen molar-refractivity contribution in [3.8, 4) is 22.8 Å². The van der Waals surface area contributed by atoms with Crippen LogP contribution in [0.15, 0.2) is 78.5 Å². The number of rotatable bonds is 8. The summed E-state index contributed by atoms with van der Waals surface area (Å²) in [7, 11) is 3.03. The monoisotopic (exact) mass is 653 g/mol. The fraction of sp³-hybridized carbons (Fsp3) is 0.207. The zero-order chi connectivity index (χ0) is 30.1. The van der Waals surface area contributed by atoms with Crippen LogP contribution in [0, 0.1) is 10.1 Å². The maximum Gasteiger partial charge on any atom is 0.338 e. The number of nitrogens with zero attached hydrogens (tertiary/aromatic N) is 3. The van der Waals surface area contributed by atoms with Gasteiger partial charge in [-0.3, -0.25) is 19.5 Å². The Bertz CT molecular complexity index is 1940. The number of furan rings is 1. The molecule has 0 saturated heterocycles. The fourth-order valence-corrected chi connectivity index (χ4v) is 6.25. The van der Waals surface area contributed by atoms with Crippen molar-refractivity contribution in [2.24, 2.45) is 4.99 Å². The third kappa shape index (κ3) is 5.28. The number of allylic oxidation sites excluding steroid dienone is 1. The average molecular weight is 654 g/mol. The molecule has 0 fully saturated rings. The Balaban J connectivity index is 1.65. The molecular weight excluding hydrogens is 630 g/mol. The van der Waals surface area contributed by atoms with Gasteiger partial charge in [-0.2, -0.15) is 0 Å². The number of halogens is 1. The number of thiazole rings is 1. The Morgan fingerprint density at radius 2 is 1.98 bits per heavy atom. The summed E-state index contributed by atoms with van der Waals surface area (Å²) >= 11 is 4.51. The van der Waals surface area contributed by atoms with Crippen molar-refractivity contribution in [1.82, 2.24) is 4.57 Å². The molecule has 4 aromatic rings. The minimum Gasteiger partial charge on any atom is -0.497 e. The van der Waals surface area contributed by atoms with E-state index in [0.29, 0.717) is 53.6 Å². The third-order valence-electron chi connectivity index (χ3n) is 6.58. The van der Waals surface area contributed by atoms with Crippen LogP contribution in [0.3, 0.4) is 0 Å². The van der Waals surface area contributed by atoms with E-state index < -0.39 is 22.5 Å². The zero-order valence-electron chi connectivity index (χ0n) is 22.9. The van der Waals surface area contributed by atoms with Crippen molar-refractivity contribution in [3.63, 3.8) is 0 Å².